The number of carbonyl (C=O) groups is 1. The van der Waals surface area contributed by atoms with Crippen LogP contribution < -0.4 is 29.6 Å². The van der Waals surface area contributed by atoms with Crippen LogP contribution in [0.1, 0.15) is 0 Å². The van der Waals surface area contributed by atoms with E-state index in [1.165, 1.54) is 44.6 Å². The van der Waals surface area contributed by atoms with Gasteiger partial charge in [0.15, 0.2) is 17.5 Å². The molecule has 1 heterocycles. The molecule has 0 fully saturated rings. The van der Waals surface area contributed by atoms with Crippen molar-refractivity contribution in [2.75, 3.05) is 30.9 Å². The van der Waals surface area contributed by atoms with Gasteiger partial charge in [-0.15, -0.1) is 0 Å². The van der Waals surface area contributed by atoms with Gasteiger partial charge in [0.2, 0.25) is 5.88 Å². The Morgan fingerprint density at radius 2 is 1.77 bits per heavy atom. The third kappa shape index (κ3) is 7.40. The summed E-state index contributed by atoms with van der Waals surface area (Å²) in [6, 6.07) is 13.7. The van der Waals surface area contributed by atoms with Gasteiger partial charge in [0.05, 0.1) is 24.1 Å². The van der Waals surface area contributed by atoms with E-state index in [0.717, 1.165) is 0 Å². The van der Waals surface area contributed by atoms with Crippen molar-refractivity contribution >= 4 is 56.4 Å². The zero-order valence-electron chi connectivity index (χ0n) is 18.4. The molecule has 0 saturated heterocycles. The molecule has 14 heteroatoms. The van der Waals surface area contributed by atoms with Crippen LogP contribution in [0.15, 0.2) is 59.5 Å². The Morgan fingerprint density at radius 3 is 2.43 bits per heavy atom. The van der Waals surface area contributed by atoms with Gasteiger partial charge >= 0.3 is 6.01 Å². The van der Waals surface area contributed by atoms with Gasteiger partial charge in [-0.3, -0.25) is 14.8 Å². The Balaban J connectivity index is 1.57. The minimum atomic E-state index is -3.97. The fourth-order valence-electron chi connectivity index (χ4n) is 2.60. The van der Waals surface area contributed by atoms with E-state index >= 15 is 0 Å². The van der Waals surface area contributed by atoms with Crippen molar-refractivity contribution in [1.29, 1.82) is 0 Å². The van der Waals surface area contributed by atoms with Gasteiger partial charge < -0.3 is 19.5 Å². The van der Waals surface area contributed by atoms with E-state index in [-0.39, 0.29) is 34.3 Å². The summed E-state index contributed by atoms with van der Waals surface area (Å²) in [5, 5.41) is 5.64. The number of amides is 1. The maximum absolute atomic E-state index is 12.7. The molecule has 11 nitrogen and oxygen atoms in total. The molecule has 0 aliphatic heterocycles. The summed E-state index contributed by atoms with van der Waals surface area (Å²) in [6.07, 6.45) is 0. The molecule has 0 aliphatic carbocycles. The number of benzene rings is 2. The van der Waals surface area contributed by atoms with Crippen molar-refractivity contribution in [3.05, 3.63) is 59.6 Å². The van der Waals surface area contributed by atoms with E-state index in [2.05, 4.69) is 25.3 Å². The van der Waals surface area contributed by atoms with Crippen LogP contribution in [0.5, 0.6) is 17.6 Å². The Morgan fingerprint density at radius 1 is 1.06 bits per heavy atom. The molecule has 0 aliphatic rings. The van der Waals surface area contributed by atoms with Crippen LogP contribution in [0.25, 0.3) is 0 Å². The number of hydrogen-bond acceptors (Lipinski definition) is 9. The first kappa shape index (κ1) is 25.9. The lowest BCUT2D eigenvalue weighted by Gasteiger charge is -2.12. The zero-order valence-corrected chi connectivity index (χ0v) is 20.8. The number of aromatic nitrogens is 2. The second-order valence-corrected chi connectivity index (χ2v) is 9.13. The van der Waals surface area contributed by atoms with Gasteiger partial charge in [0.1, 0.15) is 5.75 Å². The van der Waals surface area contributed by atoms with Crippen LogP contribution in [-0.2, 0) is 14.8 Å². The van der Waals surface area contributed by atoms with Crippen LogP contribution in [-0.4, -0.2) is 50.2 Å². The van der Waals surface area contributed by atoms with Crippen LogP contribution in [0, 0.1) is 0 Å². The summed E-state index contributed by atoms with van der Waals surface area (Å²) >= 11 is 11.1. The van der Waals surface area contributed by atoms with E-state index < -0.39 is 15.9 Å². The molecule has 0 unspecified atom stereocenters. The van der Waals surface area contributed by atoms with Gasteiger partial charge in [-0.25, -0.2) is 8.42 Å². The number of halogens is 1. The highest BCUT2D eigenvalue weighted by atomic mass is 35.5. The standard InChI is InChI=1S/C21H20ClN5O6S2/c1-31-19-11-17(24-20(26-19)32-2)27-35(29,30)14-9-7-13(8-10-14)23-21(34)25-18(28)12-33-16-6-4-3-5-15(16)22/h3-11H,12H2,1-2H3,(H,24,26,27)(H2,23,25,28,34). The SMILES string of the molecule is COc1cc(NS(=O)(=O)c2ccc(NC(=S)NC(=O)COc3ccccc3Cl)cc2)nc(OC)n1. The lowest BCUT2D eigenvalue weighted by Crippen LogP contribution is -2.37. The van der Waals surface area contributed by atoms with Gasteiger partial charge in [-0.1, -0.05) is 23.7 Å². The number of methoxy groups -OCH3 is 2. The van der Waals surface area contributed by atoms with Crippen LogP contribution in [0.3, 0.4) is 0 Å². The second kappa shape index (κ2) is 11.6. The first-order chi connectivity index (χ1) is 16.7. The van der Waals surface area contributed by atoms with E-state index in [9.17, 15) is 13.2 Å². The monoisotopic (exact) mass is 537 g/mol. The molecular formula is C21H20ClN5O6S2. The van der Waals surface area contributed by atoms with E-state index in [4.69, 9.17) is 38.0 Å². The maximum Gasteiger partial charge on any atom is 0.321 e. The van der Waals surface area contributed by atoms with Crippen molar-refractivity contribution in [1.82, 2.24) is 15.3 Å². The molecule has 0 atom stereocenters. The Hall–Kier alpha value is -3.68. The predicted molar refractivity (Wildman–Crippen MR) is 134 cm³/mol. The summed E-state index contributed by atoms with van der Waals surface area (Å²) in [4.78, 5) is 19.9. The number of ether oxygens (including phenoxy) is 3. The highest BCUT2D eigenvalue weighted by Gasteiger charge is 2.17. The van der Waals surface area contributed by atoms with E-state index in [0.29, 0.717) is 16.5 Å². The molecule has 0 saturated carbocycles. The summed E-state index contributed by atoms with van der Waals surface area (Å²) in [7, 11) is -1.25. The Kier molecular flexibility index (Phi) is 8.63. The normalized spacial score (nSPS) is 10.7. The fourth-order valence-corrected chi connectivity index (χ4v) is 4.01. The molecule has 2 aromatic carbocycles. The Bertz CT molecular complexity index is 1300. The number of para-hydroxylation sites is 1. The van der Waals surface area contributed by atoms with Gasteiger partial charge in [-0.2, -0.15) is 9.97 Å². The van der Waals surface area contributed by atoms with Gasteiger partial charge in [0, 0.05) is 11.8 Å². The number of nitrogens with zero attached hydrogens (tertiary/aromatic N) is 2. The number of carbonyl (C=O) groups excluding carboxylic acids is 1. The molecule has 0 spiro atoms. The zero-order chi connectivity index (χ0) is 25.4. The molecule has 0 radical (unpaired) electrons. The number of rotatable bonds is 9. The molecular weight excluding hydrogens is 518 g/mol. The molecule has 1 amide bonds. The maximum atomic E-state index is 12.7. The number of thiocarbonyl (C=S) groups is 1. The summed E-state index contributed by atoms with van der Waals surface area (Å²) in [5.74, 6) is -0.0327. The van der Waals surface area contributed by atoms with Crippen molar-refractivity contribution < 1.29 is 27.4 Å². The van der Waals surface area contributed by atoms with Gasteiger partial charge in [0.25, 0.3) is 15.9 Å². The first-order valence-corrected chi connectivity index (χ1v) is 12.0. The number of hydrogen-bond donors (Lipinski definition) is 3. The predicted octanol–water partition coefficient (Wildman–Crippen LogP) is 2.84. The van der Waals surface area contributed by atoms with Crippen molar-refractivity contribution in [3.8, 4) is 17.6 Å². The van der Waals surface area contributed by atoms with Crippen molar-refractivity contribution in [2.45, 2.75) is 4.90 Å². The number of nitrogens with one attached hydrogen (secondary N) is 3. The number of anilines is 2. The molecule has 35 heavy (non-hydrogen) atoms. The van der Waals surface area contributed by atoms with Crippen LogP contribution in [0.4, 0.5) is 11.5 Å². The molecule has 0 bridgehead atoms. The fraction of sp³-hybridized carbons (Fsp3) is 0.143. The highest BCUT2D eigenvalue weighted by molar-refractivity contribution is 7.92. The highest BCUT2D eigenvalue weighted by Crippen LogP contribution is 2.23. The molecule has 3 aromatic rings. The third-order valence-corrected chi connectivity index (χ3v) is 6.07. The molecule has 3 N–H and O–H groups in total. The lowest BCUT2D eigenvalue weighted by molar-refractivity contribution is -0.121. The summed E-state index contributed by atoms with van der Waals surface area (Å²) < 4.78 is 43.1. The van der Waals surface area contributed by atoms with Crippen molar-refractivity contribution in [2.24, 2.45) is 0 Å². The van der Waals surface area contributed by atoms with Crippen LogP contribution >= 0.6 is 23.8 Å². The smallest absolute Gasteiger partial charge is 0.321 e. The van der Waals surface area contributed by atoms with E-state index in [1.807, 2.05) is 0 Å². The largest absolute Gasteiger partial charge is 0.482 e. The third-order valence-electron chi connectivity index (χ3n) is 4.18. The minimum absolute atomic E-state index is 0.00617. The first-order valence-electron chi connectivity index (χ1n) is 9.78. The van der Waals surface area contributed by atoms with E-state index in [1.54, 1.807) is 24.3 Å². The molecule has 3 rings (SSSR count). The minimum Gasteiger partial charge on any atom is -0.482 e. The summed E-state index contributed by atoms with van der Waals surface area (Å²) in [6.45, 7) is -0.299. The molecule has 184 valence electrons. The summed E-state index contributed by atoms with van der Waals surface area (Å²) in [5.41, 5.74) is 0.451. The Labute approximate surface area is 211 Å². The molecule has 1 aromatic heterocycles. The van der Waals surface area contributed by atoms with Crippen LogP contribution in [0.2, 0.25) is 5.02 Å². The quantitative estimate of drug-likeness (QED) is 0.349. The average molecular weight is 538 g/mol. The topological polar surface area (TPSA) is 141 Å². The van der Waals surface area contributed by atoms with Gasteiger partial charge in [-0.05, 0) is 48.6 Å². The lowest BCUT2D eigenvalue weighted by atomic mass is 10.3. The second-order valence-electron chi connectivity index (χ2n) is 6.63. The average Bonchev–Trinajstić information content (AvgIpc) is 2.83. The number of sulfonamides is 1. The van der Waals surface area contributed by atoms with Crippen molar-refractivity contribution in [3.63, 3.8) is 0 Å².